The minimum Gasteiger partial charge on any atom is -0.457 e. The molecule has 2 N–H and O–H groups in total. The fourth-order valence-electron chi connectivity index (χ4n) is 1.79. The minimum atomic E-state index is -0.440. The van der Waals surface area contributed by atoms with E-state index in [-0.39, 0.29) is 11.7 Å². The second-order valence-corrected chi connectivity index (χ2v) is 4.44. The third kappa shape index (κ3) is 3.33. The fourth-order valence-corrected chi connectivity index (χ4v) is 1.79. The molecule has 104 valence electrons. The van der Waals surface area contributed by atoms with Crippen molar-refractivity contribution in [3.05, 3.63) is 64.2 Å². The van der Waals surface area contributed by atoms with Gasteiger partial charge >= 0.3 is 0 Å². The highest BCUT2D eigenvalue weighted by atomic mass is 16.6. The summed E-state index contributed by atoms with van der Waals surface area (Å²) in [6, 6.07) is 13.5. The zero-order valence-electron chi connectivity index (χ0n) is 11.2. The molecule has 0 unspecified atom stereocenters. The monoisotopic (exact) mass is 272 g/mol. The summed E-state index contributed by atoms with van der Waals surface area (Å²) >= 11 is 0. The summed E-state index contributed by atoms with van der Waals surface area (Å²) < 4.78 is 5.62. The number of non-ortho nitro benzene ring substituents is 1. The molecular formula is C15H16N2O3. The van der Waals surface area contributed by atoms with E-state index in [9.17, 15) is 10.1 Å². The largest absolute Gasteiger partial charge is 0.457 e. The average Bonchev–Trinajstić information content (AvgIpc) is 2.48. The standard InChI is InChI=1S/C15H16N2O3/c1-2-15(16)11-3-7-13(8-4-11)20-14-9-5-12(6-10-14)17(18)19/h3-10,15H,2,16H2,1H3/t15-/m1/s1. The molecule has 0 aliphatic heterocycles. The molecule has 5 heteroatoms. The molecule has 0 saturated heterocycles. The molecule has 2 rings (SSSR count). The van der Waals surface area contributed by atoms with Gasteiger partial charge in [0.15, 0.2) is 0 Å². The van der Waals surface area contributed by atoms with Gasteiger partial charge in [0.05, 0.1) is 4.92 Å². The minimum absolute atomic E-state index is 0.0309. The van der Waals surface area contributed by atoms with E-state index in [1.807, 2.05) is 31.2 Å². The maximum atomic E-state index is 10.6. The van der Waals surface area contributed by atoms with E-state index >= 15 is 0 Å². The van der Waals surface area contributed by atoms with Crippen molar-refractivity contribution in [3.63, 3.8) is 0 Å². The average molecular weight is 272 g/mol. The van der Waals surface area contributed by atoms with Crippen molar-refractivity contribution in [1.29, 1.82) is 0 Å². The van der Waals surface area contributed by atoms with Crippen molar-refractivity contribution < 1.29 is 9.66 Å². The Labute approximate surface area is 117 Å². The smallest absolute Gasteiger partial charge is 0.269 e. The van der Waals surface area contributed by atoms with Gasteiger partial charge in [0.2, 0.25) is 0 Å². The normalized spacial score (nSPS) is 11.9. The molecular weight excluding hydrogens is 256 g/mol. The third-order valence-electron chi connectivity index (χ3n) is 3.03. The first-order chi connectivity index (χ1) is 9.60. The lowest BCUT2D eigenvalue weighted by Gasteiger charge is -2.10. The van der Waals surface area contributed by atoms with Gasteiger partial charge in [0.1, 0.15) is 11.5 Å². The van der Waals surface area contributed by atoms with Crippen LogP contribution in [0.4, 0.5) is 5.69 Å². The number of hydrogen-bond donors (Lipinski definition) is 1. The third-order valence-corrected chi connectivity index (χ3v) is 3.03. The van der Waals surface area contributed by atoms with Crippen molar-refractivity contribution >= 4 is 5.69 Å². The molecule has 1 atom stereocenters. The number of nitro benzene ring substituents is 1. The van der Waals surface area contributed by atoms with Crippen LogP contribution in [0.15, 0.2) is 48.5 Å². The van der Waals surface area contributed by atoms with Crippen LogP contribution in [0.2, 0.25) is 0 Å². The summed E-state index contributed by atoms with van der Waals surface area (Å²) in [6.45, 7) is 2.03. The Bertz CT molecular complexity index is 579. The number of rotatable bonds is 5. The van der Waals surface area contributed by atoms with Crippen molar-refractivity contribution in [3.8, 4) is 11.5 Å². The molecule has 2 aromatic carbocycles. The van der Waals surface area contributed by atoms with Gasteiger partial charge in [-0.25, -0.2) is 0 Å². The molecule has 0 aliphatic rings. The van der Waals surface area contributed by atoms with E-state index in [1.54, 1.807) is 12.1 Å². The molecule has 5 nitrogen and oxygen atoms in total. The molecule has 0 aromatic heterocycles. The first-order valence-corrected chi connectivity index (χ1v) is 6.38. The van der Waals surface area contributed by atoms with Gasteiger partial charge in [-0.1, -0.05) is 19.1 Å². The van der Waals surface area contributed by atoms with E-state index < -0.39 is 4.92 Å². The van der Waals surface area contributed by atoms with E-state index in [2.05, 4.69) is 0 Å². The SMILES string of the molecule is CC[C@@H](N)c1ccc(Oc2ccc([N+](=O)[O-])cc2)cc1. The highest BCUT2D eigenvalue weighted by Gasteiger charge is 2.06. The van der Waals surface area contributed by atoms with Crippen molar-refractivity contribution in [2.45, 2.75) is 19.4 Å². The van der Waals surface area contributed by atoms with E-state index in [4.69, 9.17) is 10.5 Å². The Morgan fingerprint density at radius 2 is 1.60 bits per heavy atom. The summed E-state index contributed by atoms with van der Waals surface area (Å²) in [7, 11) is 0. The number of ether oxygens (including phenoxy) is 1. The van der Waals surface area contributed by atoms with Gasteiger partial charge < -0.3 is 10.5 Å². The summed E-state index contributed by atoms with van der Waals surface area (Å²) in [5.74, 6) is 1.23. The lowest BCUT2D eigenvalue weighted by atomic mass is 10.1. The van der Waals surface area contributed by atoms with Crippen LogP contribution >= 0.6 is 0 Å². The molecule has 0 bridgehead atoms. The maximum Gasteiger partial charge on any atom is 0.269 e. The van der Waals surface area contributed by atoms with E-state index in [0.717, 1.165) is 12.0 Å². The quantitative estimate of drug-likeness (QED) is 0.663. The molecule has 2 aromatic rings. The molecule has 0 saturated carbocycles. The fraction of sp³-hybridized carbons (Fsp3) is 0.200. The van der Waals surface area contributed by atoms with Gasteiger partial charge in [-0.05, 0) is 36.2 Å². The second-order valence-electron chi connectivity index (χ2n) is 4.44. The molecule has 0 spiro atoms. The Balaban J connectivity index is 2.08. The van der Waals surface area contributed by atoms with Crippen LogP contribution in [0.25, 0.3) is 0 Å². The van der Waals surface area contributed by atoms with Crippen LogP contribution in [0.1, 0.15) is 24.9 Å². The zero-order chi connectivity index (χ0) is 14.5. The van der Waals surface area contributed by atoms with Crippen LogP contribution in [-0.4, -0.2) is 4.92 Å². The lowest BCUT2D eigenvalue weighted by Crippen LogP contribution is -2.07. The summed E-state index contributed by atoms with van der Waals surface area (Å²) in [5.41, 5.74) is 7.04. The first kappa shape index (κ1) is 14.0. The van der Waals surface area contributed by atoms with Crippen molar-refractivity contribution in [2.24, 2.45) is 5.73 Å². The second kappa shape index (κ2) is 6.16. The van der Waals surface area contributed by atoms with E-state index in [1.165, 1.54) is 12.1 Å². The number of nitro groups is 1. The summed E-state index contributed by atoms with van der Waals surface area (Å²) in [4.78, 5) is 10.1. The molecule has 0 radical (unpaired) electrons. The molecule has 0 amide bonds. The Kier molecular flexibility index (Phi) is 4.32. The Morgan fingerprint density at radius 1 is 1.10 bits per heavy atom. The lowest BCUT2D eigenvalue weighted by molar-refractivity contribution is -0.384. The Hall–Kier alpha value is -2.40. The predicted octanol–water partition coefficient (Wildman–Crippen LogP) is 3.80. The van der Waals surface area contributed by atoms with Gasteiger partial charge in [-0.15, -0.1) is 0 Å². The van der Waals surface area contributed by atoms with Crippen LogP contribution in [0.3, 0.4) is 0 Å². The van der Waals surface area contributed by atoms with Gasteiger partial charge in [0, 0.05) is 18.2 Å². The summed E-state index contributed by atoms with van der Waals surface area (Å²) in [6.07, 6.45) is 0.878. The topological polar surface area (TPSA) is 78.4 Å². The molecule has 0 aliphatic carbocycles. The first-order valence-electron chi connectivity index (χ1n) is 6.38. The Morgan fingerprint density at radius 3 is 2.05 bits per heavy atom. The van der Waals surface area contributed by atoms with Crippen LogP contribution in [0.5, 0.6) is 11.5 Å². The van der Waals surface area contributed by atoms with Crippen LogP contribution < -0.4 is 10.5 Å². The number of benzene rings is 2. The molecule has 0 fully saturated rings. The number of hydrogen-bond acceptors (Lipinski definition) is 4. The van der Waals surface area contributed by atoms with Crippen molar-refractivity contribution in [2.75, 3.05) is 0 Å². The van der Waals surface area contributed by atoms with E-state index in [0.29, 0.717) is 11.5 Å². The molecule has 20 heavy (non-hydrogen) atoms. The highest BCUT2D eigenvalue weighted by molar-refractivity contribution is 5.39. The van der Waals surface area contributed by atoms with Crippen LogP contribution in [0, 0.1) is 10.1 Å². The summed E-state index contributed by atoms with van der Waals surface area (Å²) in [5, 5.41) is 10.6. The van der Waals surface area contributed by atoms with Gasteiger partial charge in [-0.2, -0.15) is 0 Å². The maximum absolute atomic E-state index is 10.6. The van der Waals surface area contributed by atoms with Crippen LogP contribution in [-0.2, 0) is 0 Å². The number of nitrogens with two attached hydrogens (primary N) is 1. The highest BCUT2D eigenvalue weighted by Crippen LogP contribution is 2.25. The zero-order valence-corrected chi connectivity index (χ0v) is 11.2. The van der Waals surface area contributed by atoms with Gasteiger partial charge in [0.25, 0.3) is 5.69 Å². The van der Waals surface area contributed by atoms with Crippen molar-refractivity contribution in [1.82, 2.24) is 0 Å². The van der Waals surface area contributed by atoms with Gasteiger partial charge in [-0.3, -0.25) is 10.1 Å². The number of nitrogens with zero attached hydrogens (tertiary/aromatic N) is 1. The predicted molar refractivity (Wildman–Crippen MR) is 76.8 cm³/mol. The molecule has 0 heterocycles.